The first-order valence-electron chi connectivity index (χ1n) is 15.1. The van der Waals surface area contributed by atoms with E-state index in [0.717, 1.165) is 18.9 Å². The number of halogens is 4. The Hall–Kier alpha value is -4.83. The molecule has 0 spiro atoms. The minimum Gasteiger partial charge on any atom is -0.486 e. The molecule has 6 rings (SSSR count). The lowest BCUT2D eigenvalue weighted by atomic mass is 10.0. The summed E-state index contributed by atoms with van der Waals surface area (Å²) in [6.45, 7) is 2.44. The fourth-order valence-electron chi connectivity index (χ4n) is 6.04. The van der Waals surface area contributed by atoms with Gasteiger partial charge in [0.15, 0.2) is 11.6 Å². The summed E-state index contributed by atoms with van der Waals surface area (Å²) in [6, 6.07) is 18.1. The third-order valence-electron chi connectivity index (χ3n) is 8.49. The Bertz CT molecular complexity index is 2000. The molecule has 0 unspecified atom stereocenters. The number of aromatic nitrogens is 2. The molecular weight excluding hydrogens is 631 g/mol. The zero-order valence-electron chi connectivity index (χ0n) is 25.7. The second-order valence-corrected chi connectivity index (χ2v) is 11.9. The number of hydrogen-bond acceptors (Lipinski definition) is 5. The minimum atomic E-state index is -0.639. The van der Waals surface area contributed by atoms with Crippen LogP contribution in [0.1, 0.15) is 47.1 Å². The smallest absolute Gasteiger partial charge is 0.337 e. The Morgan fingerprint density at radius 3 is 2.40 bits per heavy atom. The van der Waals surface area contributed by atoms with Crippen molar-refractivity contribution in [1.82, 2.24) is 14.5 Å². The van der Waals surface area contributed by atoms with E-state index < -0.39 is 23.4 Å². The highest BCUT2D eigenvalue weighted by Crippen LogP contribution is 2.31. The van der Waals surface area contributed by atoms with Crippen LogP contribution in [-0.4, -0.2) is 46.0 Å². The van der Waals surface area contributed by atoms with E-state index in [1.54, 1.807) is 37.3 Å². The fraction of sp³-hybridized carbons (Fsp3) is 0.250. The van der Waals surface area contributed by atoms with Crippen molar-refractivity contribution >= 4 is 34.5 Å². The van der Waals surface area contributed by atoms with Crippen LogP contribution in [0.25, 0.3) is 22.2 Å². The molecule has 11 heteroatoms. The molecule has 1 aliphatic rings. The monoisotopic (exact) mass is 661 g/mol. The number of rotatable bonds is 9. The summed E-state index contributed by atoms with van der Waals surface area (Å²) < 4.78 is 56.9. The molecule has 1 aliphatic heterocycles. The number of ether oxygens (including phenoxy) is 2. The van der Waals surface area contributed by atoms with Crippen molar-refractivity contribution in [3.8, 4) is 16.9 Å². The van der Waals surface area contributed by atoms with Gasteiger partial charge in [0.1, 0.15) is 24.1 Å². The van der Waals surface area contributed by atoms with Crippen molar-refractivity contribution in [2.45, 2.75) is 45.4 Å². The van der Waals surface area contributed by atoms with Crippen molar-refractivity contribution in [2.75, 3.05) is 13.7 Å². The van der Waals surface area contributed by atoms with Crippen molar-refractivity contribution in [2.24, 2.45) is 0 Å². The number of fused-ring (bicyclic) bond motifs is 1. The van der Waals surface area contributed by atoms with Gasteiger partial charge in [0.25, 0.3) is 0 Å². The Labute approximate surface area is 274 Å². The zero-order valence-corrected chi connectivity index (χ0v) is 26.5. The lowest BCUT2D eigenvalue weighted by molar-refractivity contribution is -0.129. The number of esters is 1. The topological polar surface area (TPSA) is 73.7 Å². The minimum absolute atomic E-state index is 0.0122. The summed E-state index contributed by atoms with van der Waals surface area (Å²) in [7, 11) is 1.31. The van der Waals surface area contributed by atoms with Gasteiger partial charge in [0.2, 0.25) is 5.91 Å². The first-order valence-corrected chi connectivity index (χ1v) is 15.5. The molecule has 2 heterocycles. The largest absolute Gasteiger partial charge is 0.486 e. The van der Waals surface area contributed by atoms with Crippen molar-refractivity contribution in [3.63, 3.8) is 0 Å². The highest BCUT2D eigenvalue weighted by Gasteiger charge is 2.28. The molecule has 1 aromatic heterocycles. The van der Waals surface area contributed by atoms with Gasteiger partial charge in [-0.1, -0.05) is 35.9 Å². The number of hydrogen-bond donors (Lipinski definition) is 0. The molecule has 4 aromatic carbocycles. The summed E-state index contributed by atoms with van der Waals surface area (Å²) in [5.41, 5.74) is 3.28. The number of benzene rings is 4. The Morgan fingerprint density at radius 2 is 1.66 bits per heavy atom. The predicted molar refractivity (Wildman–Crippen MR) is 172 cm³/mol. The lowest BCUT2D eigenvalue weighted by Crippen LogP contribution is -2.36. The van der Waals surface area contributed by atoms with Gasteiger partial charge in [0.05, 0.1) is 23.7 Å². The van der Waals surface area contributed by atoms with Gasteiger partial charge >= 0.3 is 5.97 Å². The van der Waals surface area contributed by atoms with Crippen LogP contribution in [0.4, 0.5) is 13.2 Å². The number of likely N-dealkylation sites (tertiary alicyclic amines) is 1. The molecule has 0 radical (unpaired) electrons. The molecular formula is C36H31ClF3N3O4. The van der Waals surface area contributed by atoms with Gasteiger partial charge in [0, 0.05) is 43.1 Å². The van der Waals surface area contributed by atoms with E-state index in [-0.39, 0.29) is 41.3 Å². The SMILES string of the molecule is COC(=O)c1ccc2nc(Cc3ccc(-c4ccc(F)c(OCc5ccc(Cl)cc5F)c4)cc3F)n(C[C@@H]3CCCN3C(C)=O)c2c1. The van der Waals surface area contributed by atoms with Crippen LogP contribution < -0.4 is 4.74 Å². The molecule has 7 nitrogen and oxygen atoms in total. The molecule has 1 amide bonds. The first kappa shape index (κ1) is 32.1. The number of amides is 1. The van der Waals surface area contributed by atoms with Crippen LogP contribution in [0, 0.1) is 17.5 Å². The number of nitrogens with zero attached hydrogens (tertiary/aromatic N) is 3. The van der Waals surface area contributed by atoms with Gasteiger partial charge < -0.3 is 18.9 Å². The molecule has 47 heavy (non-hydrogen) atoms. The standard InChI is InChI=1S/C36H31ClF3N3O4/c1-21(44)42-13-3-4-28(42)19-43-33-15-25(36(45)46-2)9-12-32(33)41-35(43)17-24-6-5-22(14-30(24)39)23-8-11-29(38)34(16-23)47-20-26-7-10-27(37)18-31(26)40/h5-12,14-16,18,28H,3-4,13,17,19-20H2,1-2H3/t28-/m0/s1. The van der Waals surface area contributed by atoms with Gasteiger partial charge in [-0.2, -0.15) is 0 Å². The lowest BCUT2D eigenvalue weighted by Gasteiger charge is -2.25. The number of methoxy groups -OCH3 is 1. The summed E-state index contributed by atoms with van der Waals surface area (Å²) >= 11 is 5.81. The molecule has 0 aliphatic carbocycles. The fourth-order valence-corrected chi connectivity index (χ4v) is 6.19. The molecule has 1 saturated heterocycles. The summed E-state index contributed by atoms with van der Waals surface area (Å²) in [5.74, 6) is -1.72. The third-order valence-corrected chi connectivity index (χ3v) is 8.72. The van der Waals surface area contributed by atoms with E-state index in [1.807, 2.05) is 9.47 Å². The molecule has 1 fully saturated rings. The zero-order chi connectivity index (χ0) is 33.2. The van der Waals surface area contributed by atoms with E-state index >= 15 is 4.39 Å². The highest BCUT2D eigenvalue weighted by molar-refractivity contribution is 6.30. The molecule has 0 saturated carbocycles. The van der Waals surface area contributed by atoms with Crippen molar-refractivity contribution in [1.29, 1.82) is 0 Å². The van der Waals surface area contributed by atoms with Gasteiger partial charge in [-0.25, -0.2) is 22.9 Å². The molecule has 1 atom stereocenters. The van der Waals surface area contributed by atoms with Crippen LogP contribution in [0.3, 0.4) is 0 Å². The van der Waals surface area contributed by atoms with Crippen LogP contribution in [0.5, 0.6) is 5.75 Å². The number of carbonyl (C=O) groups excluding carboxylic acids is 2. The van der Waals surface area contributed by atoms with Gasteiger partial charge in [-0.3, -0.25) is 4.79 Å². The van der Waals surface area contributed by atoms with Crippen molar-refractivity contribution < 1.29 is 32.2 Å². The maximum absolute atomic E-state index is 15.7. The average molecular weight is 662 g/mol. The second kappa shape index (κ2) is 13.5. The maximum atomic E-state index is 15.7. The van der Waals surface area contributed by atoms with Gasteiger partial charge in [-0.15, -0.1) is 0 Å². The maximum Gasteiger partial charge on any atom is 0.337 e. The van der Waals surface area contributed by atoms with E-state index in [1.165, 1.54) is 43.5 Å². The normalized spacial score (nSPS) is 14.5. The summed E-state index contributed by atoms with van der Waals surface area (Å²) in [6.07, 6.45) is 1.84. The Morgan fingerprint density at radius 1 is 0.915 bits per heavy atom. The van der Waals surface area contributed by atoms with E-state index in [9.17, 15) is 18.4 Å². The number of imidazole rings is 1. The van der Waals surface area contributed by atoms with Crippen LogP contribution in [0.15, 0.2) is 72.8 Å². The first-order chi connectivity index (χ1) is 22.6. The molecule has 242 valence electrons. The van der Waals surface area contributed by atoms with Gasteiger partial charge in [-0.05, 0) is 78.1 Å². The number of carbonyl (C=O) groups is 2. The molecule has 0 bridgehead atoms. The van der Waals surface area contributed by atoms with E-state index in [0.29, 0.717) is 52.2 Å². The molecule has 0 N–H and O–H groups in total. The average Bonchev–Trinajstić information content (AvgIpc) is 3.66. The molecule has 5 aromatic rings. The Kier molecular flexibility index (Phi) is 9.22. The van der Waals surface area contributed by atoms with Crippen molar-refractivity contribution in [3.05, 3.63) is 118 Å². The van der Waals surface area contributed by atoms with E-state index in [4.69, 9.17) is 26.1 Å². The predicted octanol–water partition coefficient (Wildman–Crippen LogP) is 7.74. The third kappa shape index (κ3) is 6.83. The van der Waals surface area contributed by atoms with Crippen LogP contribution in [-0.2, 0) is 29.1 Å². The second-order valence-electron chi connectivity index (χ2n) is 11.5. The Balaban J connectivity index is 1.28. The quantitative estimate of drug-likeness (QED) is 0.151. The van der Waals surface area contributed by atoms with Crippen LogP contribution >= 0.6 is 11.6 Å². The van der Waals surface area contributed by atoms with Crippen LogP contribution in [0.2, 0.25) is 5.02 Å². The highest BCUT2D eigenvalue weighted by atomic mass is 35.5. The summed E-state index contributed by atoms with van der Waals surface area (Å²) in [5, 5.41) is 0.239. The van der Waals surface area contributed by atoms with E-state index in [2.05, 4.69) is 0 Å². The summed E-state index contributed by atoms with van der Waals surface area (Å²) in [4.78, 5) is 31.2.